The van der Waals surface area contributed by atoms with Gasteiger partial charge < -0.3 is 25.6 Å². The van der Waals surface area contributed by atoms with E-state index >= 15 is 0 Å². The number of nitro groups is 1. The molecule has 172 valence electrons. The number of hydrogen-bond donors (Lipinski definition) is 4. The lowest BCUT2D eigenvalue weighted by Crippen LogP contribution is -2.45. The lowest BCUT2D eigenvalue weighted by atomic mass is 10.1. The third kappa shape index (κ3) is 6.07. The predicted octanol–water partition coefficient (Wildman–Crippen LogP) is 3.05. The molecule has 0 aliphatic carbocycles. The molecule has 32 heavy (non-hydrogen) atoms. The van der Waals surface area contributed by atoms with E-state index in [1.807, 2.05) is 5.32 Å². The van der Waals surface area contributed by atoms with Gasteiger partial charge in [0, 0.05) is 24.4 Å². The smallest absolute Gasteiger partial charge is 0.423 e. The third-order valence-corrected chi connectivity index (χ3v) is 4.02. The van der Waals surface area contributed by atoms with Crippen molar-refractivity contribution in [2.45, 2.75) is 25.6 Å². The molecule has 0 spiro atoms. The highest BCUT2D eigenvalue weighted by atomic mass is 19.4. The maximum Gasteiger partial charge on any atom is 0.423 e. The minimum absolute atomic E-state index is 0.222. The van der Waals surface area contributed by atoms with Crippen LogP contribution in [-0.4, -0.2) is 39.2 Å². The van der Waals surface area contributed by atoms with Crippen LogP contribution in [0.1, 0.15) is 19.4 Å². The Morgan fingerprint density at radius 1 is 1.12 bits per heavy atom. The Hall–Kier alpha value is -3.87. The molecule has 0 fully saturated rings. The molecular formula is C19H18F3N3O7. The number of halogens is 3. The molecule has 0 aromatic heterocycles. The summed E-state index contributed by atoms with van der Waals surface area (Å²) in [6.45, 7) is 1.75. The van der Waals surface area contributed by atoms with Gasteiger partial charge in [-0.1, -0.05) is 0 Å². The van der Waals surface area contributed by atoms with Crippen LogP contribution in [0.5, 0.6) is 11.5 Å². The Kier molecular flexibility index (Phi) is 6.93. The zero-order chi connectivity index (χ0) is 24.3. The first-order valence-corrected chi connectivity index (χ1v) is 8.83. The SMILES string of the molecule is CC(=O)Nc1ccc(OC[C@](C)(O)C(=O)Nc2cc(O)c([N+](=O)[O-])c(C(F)(F)F)c2)cc1. The average molecular weight is 457 g/mol. The number of nitro benzene ring substituents is 1. The number of anilines is 2. The molecule has 4 N–H and O–H groups in total. The number of ether oxygens (including phenoxy) is 1. The molecule has 13 heteroatoms. The number of aromatic hydroxyl groups is 1. The van der Waals surface area contributed by atoms with Gasteiger partial charge in [0.2, 0.25) is 5.91 Å². The number of phenols is 1. The van der Waals surface area contributed by atoms with E-state index < -0.39 is 51.9 Å². The molecule has 2 amide bonds. The van der Waals surface area contributed by atoms with E-state index in [0.717, 1.165) is 6.92 Å². The molecular weight excluding hydrogens is 439 g/mol. The number of phenolic OH excluding ortho intramolecular Hbond substituents is 1. The summed E-state index contributed by atoms with van der Waals surface area (Å²) in [5, 5.41) is 35.3. The van der Waals surface area contributed by atoms with Crippen molar-refractivity contribution in [1.29, 1.82) is 0 Å². The molecule has 2 rings (SSSR count). The second kappa shape index (κ2) is 9.09. The summed E-state index contributed by atoms with van der Waals surface area (Å²) in [6, 6.07) is 6.73. The second-order valence-corrected chi connectivity index (χ2v) is 6.87. The molecule has 0 heterocycles. The quantitative estimate of drug-likeness (QED) is 0.368. The van der Waals surface area contributed by atoms with Crippen molar-refractivity contribution in [3.05, 3.63) is 52.1 Å². The number of aliphatic hydroxyl groups is 1. The molecule has 10 nitrogen and oxygen atoms in total. The molecule has 0 aliphatic heterocycles. The van der Waals surface area contributed by atoms with E-state index in [1.54, 1.807) is 0 Å². The normalized spacial score (nSPS) is 13.1. The van der Waals surface area contributed by atoms with Gasteiger partial charge in [-0.25, -0.2) is 0 Å². The Bertz CT molecular complexity index is 1040. The van der Waals surface area contributed by atoms with Gasteiger partial charge >= 0.3 is 11.9 Å². The largest absolute Gasteiger partial charge is 0.502 e. The molecule has 2 aromatic rings. The average Bonchev–Trinajstić information content (AvgIpc) is 2.65. The van der Waals surface area contributed by atoms with Gasteiger partial charge in [-0.05, 0) is 37.3 Å². The van der Waals surface area contributed by atoms with E-state index in [1.165, 1.54) is 31.2 Å². The highest BCUT2D eigenvalue weighted by Crippen LogP contribution is 2.42. The summed E-state index contributed by atoms with van der Waals surface area (Å²) >= 11 is 0. The van der Waals surface area contributed by atoms with Crippen molar-refractivity contribution < 1.29 is 42.6 Å². The van der Waals surface area contributed by atoms with Gasteiger partial charge in [0.15, 0.2) is 11.4 Å². The van der Waals surface area contributed by atoms with Crippen LogP contribution in [0.4, 0.5) is 30.2 Å². The number of rotatable bonds is 7. The van der Waals surface area contributed by atoms with Gasteiger partial charge in [0.1, 0.15) is 17.9 Å². The van der Waals surface area contributed by atoms with Crippen LogP contribution >= 0.6 is 0 Å². The third-order valence-electron chi connectivity index (χ3n) is 4.02. The van der Waals surface area contributed by atoms with Crippen molar-refractivity contribution in [3.8, 4) is 11.5 Å². The van der Waals surface area contributed by atoms with Gasteiger partial charge in [0.05, 0.1) is 4.92 Å². The molecule has 0 bridgehead atoms. The Labute approximate surface area is 178 Å². The van der Waals surface area contributed by atoms with Crippen LogP contribution in [0, 0.1) is 10.1 Å². The number of carbonyl (C=O) groups is 2. The Morgan fingerprint density at radius 3 is 2.22 bits per heavy atom. The minimum Gasteiger partial charge on any atom is -0.502 e. The number of nitrogens with one attached hydrogen (secondary N) is 2. The number of nitrogens with zero attached hydrogens (tertiary/aromatic N) is 1. The monoisotopic (exact) mass is 457 g/mol. The molecule has 0 saturated carbocycles. The minimum atomic E-state index is -5.18. The standard InChI is InChI=1S/C19H18F3N3O7/c1-10(26)23-11-3-5-13(6-4-11)32-9-18(2,29)17(28)24-12-7-14(19(20,21)22)16(25(30)31)15(27)8-12/h3-8,27,29H,9H2,1-2H3,(H,23,26)(H,24,28)/t18-/m0/s1. The van der Waals surface area contributed by atoms with Crippen molar-refractivity contribution in [2.24, 2.45) is 0 Å². The number of amides is 2. The lowest BCUT2D eigenvalue weighted by molar-refractivity contribution is -0.389. The summed E-state index contributed by atoms with van der Waals surface area (Å²) in [4.78, 5) is 32.8. The van der Waals surface area contributed by atoms with E-state index in [4.69, 9.17) is 4.74 Å². The van der Waals surface area contributed by atoms with Crippen LogP contribution < -0.4 is 15.4 Å². The lowest BCUT2D eigenvalue weighted by Gasteiger charge is -2.23. The van der Waals surface area contributed by atoms with E-state index in [2.05, 4.69) is 5.32 Å². The van der Waals surface area contributed by atoms with Crippen LogP contribution in [0.15, 0.2) is 36.4 Å². The number of hydrogen-bond acceptors (Lipinski definition) is 7. The van der Waals surface area contributed by atoms with E-state index in [-0.39, 0.29) is 17.7 Å². The molecule has 2 aromatic carbocycles. The van der Waals surface area contributed by atoms with Crippen LogP contribution in [-0.2, 0) is 15.8 Å². The van der Waals surface area contributed by atoms with Crippen molar-refractivity contribution in [1.82, 2.24) is 0 Å². The maximum absolute atomic E-state index is 13.1. The number of benzene rings is 2. The Balaban J connectivity index is 2.14. The van der Waals surface area contributed by atoms with Gasteiger partial charge in [-0.2, -0.15) is 13.2 Å². The van der Waals surface area contributed by atoms with Gasteiger partial charge in [-0.3, -0.25) is 19.7 Å². The van der Waals surface area contributed by atoms with E-state index in [0.29, 0.717) is 11.8 Å². The molecule has 0 unspecified atom stereocenters. The first kappa shape index (κ1) is 24.4. The predicted molar refractivity (Wildman–Crippen MR) is 105 cm³/mol. The Morgan fingerprint density at radius 2 is 1.72 bits per heavy atom. The van der Waals surface area contributed by atoms with Crippen molar-refractivity contribution in [3.63, 3.8) is 0 Å². The summed E-state index contributed by atoms with van der Waals surface area (Å²) < 4.78 is 44.7. The summed E-state index contributed by atoms with van der Waals surface area (Å²) in [7, 11) is 0. The molecule has 0 aliphatic rings. The van der Waals surface area contributed by atoms with Crippen LogP contribution in [0.2, 0.25) is 0 Å². The van der Waals surface area contributed by atoms with E-state index in [9.17, 15) is 43.1 Å². The second-order valence-electron chi connectivity index (χ2n) is 6.87. The maximum atomic E-state index is 13.1. The first-order chi connectivity index (χ1) is 14.7. The number of alkyl halides is 3. The fraction of sp³-hybridized carbons (Fsp3) is 0.263. The first-order valence-electron chi connectivity index (χ1n) is 8.83. The van der Waals surface area contributed by atoms with Crippen molar-refractivity contribution >= 4 is 28.9 Å². The zero-order valence-electron chi connectivity index (χ0n) is 16.7. The zero-order valence-corrected chi connectivity index (χ0v) is 16.7. The van der Waals surface area contributed by atoms with Crippen molar-refractivity contribution in [2.75, 3.05) is 17.2 Å². The van der Waals surface area contributed by atoms with Crippen LogP contribution in [0.3, 0.4) is 0 Å². The molecule has 0 saturated heterocycles. The topological polar surface area (TPSA) is 151 Å². The van der Waals surface area contributed by atoms with Crippen LogP contribution in [0.25, 0.3) is 0 Å². The van der Waals surface area contributed by atoms with Gasteiger partial charge in [0.25, 0.3) is 5.91 Å². The fourth-order valence-electron chi connectivity index (χ4n) is 2.49. The highest BCUT2D eigenvalue weighted by Gasteiger charge is 2.41. The summed E-state index contributed by atoms with van der Waals surface area (Å²) in [5.41, 5.74) is -5.70. The molecule has 0 radical (unpaired) electrons. The van der Waals surface area contributed by atoms with Gasteiger partial charge in [-0.15, -0.1) is 0 Å². The summed E-state index contributed by atoms with van der Waals surface area (Å²) in [5.74, 6) is -2.56. The fourth-order valence-corrected chi connectivity index (χ4v) is 2.49. The molecule has 1 atom stereocenters. The highest BCUT2D eigenvalue weighted by molar-refractivity contribution is 5.97. The number of carbonyl (C=O) groups excluding carboxylic acids is 2. The summed E-state index contributed by atoms with van der Waals surface area (Å²) in [6.07, 6.45) is -5.18.